The lowest BCUT2D eigenvalue weighted by molar-refractivity contribution is -0.121. The number of imidazole rings is 1. The number of hydrogen-bond donors (Lipinski definition) is 1. The average Bonchev–Trinajstić information content (AvgIpc) is 3.34. The van der Waals surface area contributed by atoms with E-state index in [0.29, 0.717) is 18.1 Å². The summed E-state index contributed by atoms with van der Waals surface area (Å²) in [6.07, 6.45) is 1.59. The molecule has 0 fully saturated rings. The molecule has 1 N–H and O–H groups in total. The quantitative estimate of drug-likeness (QED) is 0.547. The van der Waals surface area contributed by atoms with Crippen LogP contribution < -0.4 is 10.1 Å². The monoisotopic (exact) mass is 361 g/mol. The van der Waals surface area contributed by atoms with Gasteiger partial charge in [-0.15, -0.1) is 0 Å². The van der Waals surface area contributed by atoms with E-state index in [1.165, 1.54) is 0 Å². The summed E-state index contributed by atoms with van der Waals surface area (Å²) in [5, 5.41) is 2.87. The second-order valence-corrected chi connectivity index (χ2v) is 6.06. The predicted molar refractivity (Wildman–Crippen MR) is 101 cm³/mol. The van der Waals surface area contributed by atoms with Crippen LogP contribution in [0.15, 0.2) is 77.4 Å². The van der Waals surface area contributed by atoms with Crippen LogP contribution in [-0.4, -0.2) is 15.5 Å². The molecule has 136 valence electrons. The molecule has 6 nitrogen and oxygen atoms in total. The van der Waals surface area contributed by atoms with E-state index in [1.807, 2.05) is 65.2 Å². The number of furan rings is 1. The molecule has 0 aliphatic carbocycles. The third-order valence-corrected chi connectivity index (χ3v) is 4.19. The van der Waals surface area contributed by atoms with Crippen molar-refractivity contribution in [1.82, 2.24) is 14.9 Å². The van der Waals surface area contributed by atoms with Crippen LogP contribution in [0.25, 0.3) is 11.0 Å². The van der Waals surface area contributed by atoms with Crippen LogP contribution in [0.2, 0.25) is 0 Å². The number of rotatable bonds is 7. The van der Waals surface area contributed by atoms with Gasteiger partial charge in [-0.3, -0.25) is 4.79 Å². The highest BCUT2D eigenvalue weighted by atomic mass is 16.5. The maximum atomic E-state index is 12.4. The smallest absolute Gasteiger partial charge is 0.240 e. The fourth-order valence-electron chi connectivity index (χ4n) is 2.87. The number of nitrogens with one attached hydrogen (secondary N) is 1. The van der Waals surface area contributed by atoms with Crippen molar-refractivity contribution < 1.29 is 13.9 Å². The number of para-hydroxylation sites is 3. The molecule has 0 aliphatic rings. The third kappa shape index (κ3) is 4.00. The molecule has 0 radical (unpaired) electrons. The Labute approximate surface area is 156 Å². The Morgan fingerprint density at radius 3 is 2.67 bits per heavy atom. The van der Waals surface area contributed by atoms with Gasteiger partial charge in [-0.05, 0) is 36.4 Å². The molecule has 0 spiro atoms. The van der Waals surface area contributed by atoms with E-state index >= 15 is 0 Å². The van der Waals surface area contributed by atoms with Gasteiger partial charge in [-0.1, -0.05) is 30.3 Å². The molecule has 0 saturated heterocycles. The van der Waals surface area contributed by atoms with E-state index in [1.54, 1.807) is 12.3 Å². The topological polar surface area (TPSA) is 69.3 Å². The van der Waals surface area contributed by atoms with Gasteiger partial charge in [0.25, 0.3) is 0 Å². The summed E-state index contributed by atoms with van der Waals surface area (Å²) in [5.41, 5.74) is 1.74. The van der Waals surface area contributed by atoms with Crippen LogP contribution in [0.3, 0.4) is 0 Å². The summed E-state index contributed by atoms with van der Waals surface area (Å²) in [6, 6.07) is 20.9. The highest BCUT2D eigenvalue weighted by Crippen LogP contribution is 2.18. The first-order valence-electron chi connectivity index (χ1n) is 8.70. The molecular weight excluding hydrogens is 342 g/mol. The summed E-state index contributed by atoms with van der Waals surface area (Å²) < 4.78 is 13.0. The lowest BCUT2D eigenvalue weighted by atomic mass is 10.3. The minimum Gasteiger partial charge on any atom is -0.486 e. The number of carbonyl (C=O) groups is 1. The highest BCUT2D eigenvalue weighted by Gasteiger charge is 2.14. The van der Waals surface area contributed by atoms with Crippen molar-refractivity contribution in [2.24, 2.45) is 0 Å². The SMILES string of the molecule is O=C(Cn1c(COc2ccccc2)nc2ccccc21)NCc1ccco1. The van der Waals surface area contributed by atoms with Crippen molar-refractivity contribution in [3.63, 3.8) is 0 Å². The zero-order valence-corrected chi connectivity index (χ0v) is 14.7. The average molecular weight is 361 g/mol. The minimum absolute atomic E-state index is 0.115. The molecule has 0 bridgehead atoms. The van der Waals surface area contributed by atoms with Crippen molar-refractivity contribution >= 4 is 16.9 Å². The van der Waals surface area contributed by atoms with Crippen LogP contribution >= 0.6 is 0 Å². The molecule has 2 aromatic carbocycles. The minimum atomic E-state index is -0.115. The summed E-state index contributed by atoms with van der Waals surface area (Å²) in [7, 11) is 0. The van der Waals surface area contributed by atoms with Gasteiger partial charge in [0.2, 0.25) is 5.91 Å². The van der Waals surface area contributed by atoms with E-state index in [-0.39, 0.29) is 19.1 Å². The van der Waals surface area contributed by atoms with Crippen molar-refractivity contribution in [3.05, 3.63) is 84.6 Å². The third-order valence-electron chi connectivity index (χ3n) is 4.19. The van der Waals surface area contributed by atoms with Crippen molar-refractivity contribution in [2.45, 2.75) is 19.7 Å². The number of fused-ring (bicyclic) bond motifs is 1. The van der Waals surface area contributed by atoms with E-state index in [9.17, 15) is 4.79 Å². The normalized spacial score (nSPS) is 10.8. The second-order valence-electron chi connectivity index (χ2n) is 6.06. The second kappa shape index (κ2) is 7.78. The summed E-state index contributed by atoms with van der Waals surface area (Å²) in [6.45, 7) is 0.799. The number of benzene rings is 2. The van der Waals surface area contributed by atoms with Gasteiger partial charge >= 0.3 is 0 Å². The number of ether oxygens (including phenoxy) is 1. The van der Waals surface area contributed by atoms with Crippen LogP contribution in [0.4, 0.5) is 0 Å². The molecule has 4 rings (SSSR count). The van der Waals surface area contributed by atoms with Crippen LogP contribution in [0, 0.1) is 0 Å². The summed E-state index contributed by atoms with van der Waals surface area (Å²) in [4.78, 5) is 17.1. The Morgan fingerprint density at radius 2 is 1.85 bits per heavy atom. The molecule has 1 amide bonds. The summed E-state index contributed by atoms with van der Waals surface area (Å²) in [5.74, 6) is 2.06. The molecule has 6 heteroatoms. The number of nitrogens with zero attached hydrogens (tertiary/aromatic N) is 2. The van der Waals surface area contributed by atoms with E-state index < -0.39 is 0 Å². The maximum absolute atomic E-state index is 12.4. The number of amides is 1. The van der Waals surface area contributed by atoms with Gasteiger partial charge in [0.05, 0.1) is 23.8 Å². The van der Waals surface area contributed by atoms with Gasteiger partial charge in [-0.2, -0.15) is 0 Å². The maximum Gasteiger partial charge on any atom is 0.240 e. The molecule has 2 aromatic heterocycles. The summed E-state index contributed by atoms with van der Waals surface area (Å²) >= 11 is 0. The molecule has 0 unspecified atom stereocenters. The van der Waals surface area contributed by atoms with Gasteiger partial charge in [-0.25, -0.2) is 4.98 Å². The highest BCUT2D eigenvalue weighted by molar-refractivity contribution is 5.81. The molecular formula is C21H19N3O3. The Bertz CT molecular complexity index is 1020. The van der Waals surface area contributed by atoms with Gasteiger partial charge in [0.1, 0.15) is 30.5 Å². The van der Waals surface area contributed by atoms with Crippen molar-refractivity contribution in [3.8, 4) is 5.75 Å². The molecule has 27 heavy (non-hydrogen) atoms. The Hall–Kier alpha value is -3.54. The van der Waals surface area contributed by atoms with Crippen molar-refractivity contribution in [2.75, 3.05) is 0 Å². The fourth-order valence-corrected chi connectivity index (χ4v) is 2.87. The number of aromatic nitrogens is 2. The van der Waals surface area contributed by atoms with E-state index in [4.69, 9.17) is 9.15 Å². The van der Waals surface area contributed by atoms with Gasteiger partial charge in [0, 0.05) is 0 Å². The molecule has 0 saturated carbocycles. The first kappa shape index (κ1) is 16.9. The lowest BCUT2D eigenvalue weighted by Crippen LogP contribution is -2.27. The van der Waals surface area contributed by atoms with Crippen LogP contribution in [0.5, 0.6) is 5.75 Å². The molecule has 2 heterocycles. The largest absolute Gasteiger partial charge is 0.486 e. The zero-order valence-electron chi connectivity index (χ0n) is 14.7. The Morgan fingerprint density at radius 1 is 1.04 bits per heavy atom. The predicted octanol–water partition coefficient (Wildman–Crippen LogP) is 3.52. The fraction of sp³-hybridized carbons (Fsp3) is 0.143. The standard InChI is InChI=1S/C21H19N3O3/c25-21(22-13-17-9-6-12-26-17)14-24-19-11-5-4-10-18(19)23-20(24)15-27-16-7-2-1-3-8-16/h1-12H,13-15H2,(H,22,25). The van der Waals surface area contributed by atoms with Crippen LogP contribution in [0.1, 0.15) is 11.6 Å². The molecule has 4 aromatic rings. The number of carbonyl (C=O) groups excluding carboxylic acids is 1. The first-order chi connectivity index (χ1) is 13.3. The first-order valence-corrected chi connectivity index (χ1v) is 8.70. The van der Waals surface area contributed by atoms with E-state index in [0.717, 1.165) is 16.8 Å². The zero-order chi connectivity index (χ0) is 18.5. The number of hydrogen-bond acceptors (Lipinski definition) is 4. The Balaban J connectivity index is 1.51. The van der Waals surface area contributed by atoms with Gasteiger partial charge < -0.3 is 19.0 Å². The van der Waals surface area contributed by atoms with Crippen LogP contribution in [-0.2, 0) is 24.5 Å². The van der Waals surface area contributed by atoms with E-state index in [2.05, 4.69) is 10.3 Å². The molecule has 0 atom stereocenters. The molecule has 0 aliphatic heterocycles. The Kier molecular flexibility index (Phi) is 4.87. The lowest BCUT2D eigenvalue weighted by Gasteiger charge is -2.10. The van der Waals surface area contributed by atoms with Crippen molar-refractivity contribution in [1.29, 1.82) is 0 Å². The van der Waals surface area contributed by atoms with Gasteiger partial charge in [0.15, 0.2) is 0 Å².